The number of fused-ring (bicyclic) bond motifs is 4. The lowest BCUT2D eigenvalue weighted by molar-refractivity contribution is 0.127. The summed E-state index contributed by atoms with van der Waals surface area (Å²) in [7, 11) is 4.10. The second kappa shape index (κ2) is 9.34. The van der Waals surface area contributed by atoms with Crippen LogP contribution in [0.15, 0.2) is 41.2 Å². The molecule has 1 aliphatic carbocycles. The van der Waals surface area contributed by atoms with Crippen LogP contribution in [-0.2, 0) is 13.1 Å². The van der Waals surface area contributed by atoms with Crippen LogP contribution in [-0.4, -0.2) is 53.6 Å². The molecule has 6 nitrogen and oxygen atoms in total. The molecule has 1 aromatic carbocycles. The van der Waals surface area contributed by atoms with Crippen molar-refractivity contribution in [3.05, 3.63) is 58.0 Å². The summed E-state index contributed by atoms with van der Waals surface area (Å²) in [5.74, 6) is 0.562. The molecule has 2 bridgehead atoms. The van der Waals surface area contributed by atoms with E-state index in [9.17, 15) is 9.59 Å². The summed E-state index contributed by atoms with van der Waals surface area (Å²) in [6, 6.07) is 12.8. The highest BCUT2D eigenvalue weighted by Gasteiger charge is 2.37. The molecule has 176 valence electrons. The van der Waals surface area contributed by atoms with Gasteiger partial charge in [-0.15, -0.1) is 0 Å². The number of aromatic nitrogens is 1. The van der Waals surface area contributed by atoms with Crippen LogP contribution >= 0.6 is 0 Å². The standard InChI is InChI=1S/C27H36N4O2/c1-29(2)17-20-8-6-7-11-23(20)24-12-13-25-21-14-19(16-31(25)26(24)32)15-30(18-21)27(33)28-22-9-4-3-5-10-22/h6-8,11-13,19,21-22H,3-5,9-10,14-18H2,1-2H3,(H,28,33)/t19-,21+/m0/s1. The van der Waals surface area contributed by atoms with Crippen LogP contribution in [0.1, 0.15) is 55.7 Å². The monoisotopic (exact) mass is 448 g/mol. The van der Waals surface area contributed by atoms with Gasteiger partial charge < -0.3 is 19.7 Å². The summed E-state index contributed by atoms with van der Waals surface area (Å²) in [6.45, 7) is 2.93. The first-order valence-electron chi connectivity index (χ1n) is 12.5. The molecule has 0 spiro atoms. The summed E-state index contributed by atoms with van der Waals surface area (Å²) in [5, 5.41) is 3.28. The molecule has 6 heteroatoms. The lowest BCUT2D eigenvalue weighted by Gasteiger charge is -2.43. The molecule has 2 aromatic rings. The number of nitrogens with one attached hydrogen (secondary N) is 1. The van der Waals surface area contributed by atoms with Gasteiger partial charge in [0, 0.05) is 49.4 Å². The van der Waals surface area contributed by atoms with E-state index in [-0.39, 0.29) is 17.5 Å². The average Bonchev–Trinajstić information content (AvgIpc) is 2.80. The zero-order valence-electron chi connectivity index (χ0n) is 19.9. The van der Waals surface area contributed by atoms with Crippen LogP contribution in [0.25, 0.3) is 11.1 Å². The van der Waals surface area contributed by atoms with Crippen LogP contribution < -0.4 is 10.9 Å². The Morgan fingerprint density at radius 2 is 1.79 bits per heavy atom. The molecule has 1 aromatic heterocycles. The van der Waals surface area contributed by atoms with E-state index in [0.717, 1.165) is 49.2 Å². The summed E-state index contributed by atoms with van der Waals surface area (Å²) in [5.41, 5.74) is 4.16. The molecular weight excluding hydrogens is 412 g/mol. The van der Waals surface area contributed by atoms with Crippen molar-refractivity contribution in [1.29, 1.82) is 0 Å². The molecule has 2 fully saturated rings. The number of carbonyl (C=O) groups excluding carboxylic acids is 1. The second-order valence-corrected chi connectivity index (χ2v) is 10.5. The van der Waals surface area contributed by atoms with E-state index in [1.54, 1.807) is 0 Å². The first-order chi connectivity index (χ1) is 16.0. The lowest BCUT2D eigenvalue weighted by atomic mass is 9.82. The zero-order valence-corrected chi connectivity index (χ0v) is 19.9. The van der Waals surface area contributed by atoms with Crippen LogP contribution in [0.5, 0.6) is 0 Å². The van der Waals surface area contributed by atoms with E-state index in [4.69, 9.17) is 0 Å². The molecule has 1 saturated carbocycles. The first kappa shape index (κ1) is 22.2. The van der Waals surface area contributed by atoms with Crippen molar-refractivity contribution in [3.8, 4) is 11.1 Å². The number of amides is 2. The number of hydrogen-bond acceptors (Lipinski definition) is 3. The van der Waals surface area contributed by atoms with E-state index in [2.05, 4.69) is 28.4 Å². The normalized spacial score (nSPS) is 22.8. The number of likely N-dealkylation sites (tertiary alicyclic amines) is 1. The molecule has 1 saturated heterocycles. The first-order valence-corrected chi connectivity index (χ1v) is 12.5. The lowest BCUT2D eigenvalue weighted by Crippen LogP contribution is -2.53. The Morgan fingerprint density at radius 3 is 2.58 bits per heavy atom. The Kier molecular flexibility index (Phi) is 6.28. The summed E-state index contributed by atoms with van der Waals surface area (Å²) >= 11 is 0. The highest BCUT2D eigenvalue weighted by atomic mass is 16.2. The summed E-state index contributed by atoms with van der Waals surface area (Å²) < 4.78 is 2.00. The van der Waals surface area contributed by atoms with E-state index >= 15 is 0 Å². The van der Waals surface area contributed by atoms with Gasteiger partial charge in [-0.3, -0.25) is 4.79 Å². The maximum atomic E-state index is 13.6. The van der Waals surface area contributed by atoms with Gasteiger partial charge >= 0.3 is 6.03 Å². The minimum absolute atomic E-state index is 0.0848. The molecule has 2 amide bonds. The minimum atomic E-state index is 0.0848. The molecule has 2 aliphatic heterocycles. The number of carbonyl (C=O) groups is 1. The van der Waals surface area contributed by atoms with Gasteiger partial charge in [0.05, 0.1) is 0 Å². The van der Waals surface area contributed by atoms with Crippen molar-refractivity contribution >= 4 is 6.03 Å². The SMILES string of the molecule is CN(C)Cc1ccccc1-c1ccc2n(c1=O)C[C@H]1C[C@@H]2CN(C(=O)NC2CCCCC2)C1. The molecule has 3 heterocycles. The van der Waals surface area contributed by atoms with Crippen molar-refractivity contribution in [1.82, 2.24) is 19.7 Å². The van der Waals surface area contributed by atoms with Crippen LogP contribution in [0, 0.1) is 5.92 Å². The molecule has 0 unspecified atom stereocenters. The van der Waals surface area contributed by atoms with Crippen molar-refractivity contribution in [2.75, 3.05) is 27.2 Å². The molecule has 0 radical (unpaired) electrons. The smallest absolute Gasteiger partial charge is 0.317 e. The number of rotatable bonds is 4. The molecule has 2 atom stereocenters. The van der Waals surface area contributed by atoms with Gasteiger partial charge in [0.2, 0.25) is 0 Å². The van der Waals surface area contributed by atoms with Gasteiger partial charge in [-0.25, -0.2) is 4.79 Å². The van der Waals surface area contributed by atoms with Crippen molar-refractivity contribution < 1.29 is 4.79 Å². The van der Waals surface area contributed by atoms with E-state index in [1.165, 1.54) is 24.8 Å². The van der Waals surface area contributed by atoms with Gasteiger partial charge in [-0.05, 0) is 62.5 Å². The predicted molar refractivity (Wildman–Crippen MR) is 131 cm³/mol. The third kappa shape index (κ3) is 4.58. The highest BCUT2D eigenvalue weighted by molar-refractivity contribution is 5.75. The topological polar surface area (TPSA) is 57.6 Å². The van der Waals surface area contributed by atoms with Gasteiger partial charge in [0.1, 0.15) is 0 Å². The maximum Gasteiger partial charge on any atom is 0.317 e. The quantitative estimate of drug-likeness (QED) is 0.768. The Bertz CT molecular complexity index is 1070. The van der Waals surface area contributed by atoms with Crippen LogP contribution in [0.3, 0.4) is 0 Å². The number of pyridine rings is 1. The average molecular weight is 449 g/mol. The third-order valence-electron chi connectivity index (χ3n) is 7.62. The van der Waals surface area contributed by atoms with Gasteiger partial charge in [-0.1, -0.05) is 43.5 Å². The number of piperidine rings is 1. The number of hydrogen-bond donors (Lipinski definition) is 1. The van der Waals surface area contributed by atoms with E-state index in [0.29, 0.717) is 25.0 Å². The number of nitrogens with zero attached hydrogens (tertiary/aromatic N) is 3. The largest absolute Gasteiger partial charge is 0.335 e. The molecule has 33 heavy (non-hydrogen) atoms. The second-order valence-electron chi connectivity index (χ2n) is 10.5. The molecule has 1 N–H and O–H groups in total. The fourth-order valence-electron chi connectivity index (χ4n) is 6.09. The Balaban J connectivity index is 1.38. The van der Waals surface area contributed by atoms with Crippen molar-refractivity contribution in [2.24, 2.45) is 5.92 Å². The Labute approximate surface area is 196 Å². The van der Waals surface area contributed by atoms with Crippen LogP contribution in [0.4, 0.5) is 4.79 Å². The Hall–Kier alpha value is -2.60. The zero-order chi connectivity index (χ0) is 22.9. The Morgan fingerprint density at radius 1 is 1.00 bits per heavy atom. The molecule has 5 rings (SSSR count). The molecule has 3 aliphatic rings. The third-order valence-corrected chi connectivity index (χ3v) is 7.62. The fraction of sp³-hybridized carbons (Fsp3) is 0.556. The van der Waals surface area contributed by atoms with Gasteiger partial charge in [0.15, 0.2) is 0 Å². The minimum Gasteiger partial charge on any atom is -0.335 e. The predicted octanol–water partition coefficient (Wildman–Crippen LogP) is 4.04. The highest BCUT2D eigenvalue weighted by Crippen LogP contribution is 2.36. The fourth-order valence-corrected chi connectivity index (χ4v) is 6.09. The van der Waals surface area contributed by atoms with E-state index in [1.807, 2.05) is 41.8 Å². The summed E-state index contributed by atoms with van der Waals surface area (Å²) in [4.78, 5) is 30.7. The molecular formula is C27H36N4O2. The van der Waals surface area contributed by atoms with Gasteiger partial charge in [-0.2, -0.15) is 0 Å². The van der Waals surface area contributed by atoms with E-state index < -0.39 is 0 Å². The van der Waals surface area contributed by atoms with Crippen molar-refractivity contribution in [3.63, 3.8) is 0 Å². The maximum absolute atomic E-state index is 13.6. The number of benzene rings is 1. The summed E-state index contributed by atoms with van der Waals surface area (Å²) in [6.07, 6.45) is 6.97. The van der Waals surface area contributed by atoms with Crippen LogP contribution in [0.2, 0.25) is 0 Å². The van der Waals surface area contributed by atoms with Gasteiger partial charge in [0.25, 0.3) is 5.56 Å². The van der Waals surface area contributed by atoms with Crippen molar-refractivity contribution in [2.45, 2.75) is 63.6 Å². The number of urea groups is 1.